The van der Waals surface area contributed by atoms with E-state index in [2.05, 4.69) is 0 Å². The summed E-state index contributed by atoms with van der Waals surface area (Å²) in [6, 6.07) is 4.79. The molecule has 1 amide bonds. The van der Waals surface area contributed by atoms with Crippen LogP contribution in [-0.2, 0) is 9.59 Å². The summed E-state index contributed by atoms with van der Waals surface area (Å²) in [6.45, 7) is -0.0263. The van der Waals surface area contributed by atoms with Crippen molar-refractivity contribution in [3.05, 3.63) is 28.7 Å². The fourth-order valence-electron chi connectivity index (χ4n) is 1.92. The van der Waals surface area contributed by atoms with Gasteiger partial charge in [-0.2, -0.15) is 0 Å². The Balaban J connectivity index is 2.27. The largest absolute Gasteiger partial charge is 0.550 e. The predicted octanol–water partition coefficient (Wildman–Crippen LogP) is 0.742. The zero-order valence-electron chi connectivity index (χ0n) is 11.6. The van der Waals surface area contributed by atoms with Crippen molar-refractivity contribution in [2.75, 3.05) is 13.7 Å². The van der Waals surface area contributed by atoms with Crippen molar-refractivity contribution >= 4 is 46.3 Å². The van der Waals surface area contributed by atoms with E-state index in [1.807, 2.05) is 0 Å². The molecule has 0 unspecified atom stereocenters. The molecule has 116 valence electrons. The van der Waals surface area contributed by atoms with E-state index in [4.69, 9.17) is 17.0 Å². The molecule has 1 aromatic carbocycles. The first kappa shape index (κ1) is 16.3. The highest BCUT2D eigenvalue weighted by atomic mass is 32.2. The van der Waals surface area contributed by atoms with E-state index in [0.717, 1.165) is 11.8 Å². The van der Waals surface area contributed by atoms with E-state index in [0.29, 0.717) is 10.5 Å². The van der Waals surface area contributed by atoms with Gasteiger partial charge in [-0.05, 0) is 12.1 Å². The first-order chi connectivity index (χ1) is 10.4. The number of nitrogens with zero attached hydrogens (tertiary/aromatic N) is 1. The minimum absolute atomic E-state index is 0.0263. The maximum atomic E-state index is 12.3. The number of ether oxygens (including phenoxy) is 1. The van der Waals surface area contributed by atoms with E-state index >= 15 is 0 Å². The Morgan fingerprint density at radius 1 is 1.55 bits per heavy atom. The number of phenolic OH excluding ortho intramolecular Hbond substituents is 1. The number of carboxylic acid groups (broad SMARTS) is 1. The summed E-state index contributed by atoms with van der Waals surface area (Å²) < 4.78 is 5.40. The standard InChI is InChI=1S/C14H13NO5S2/c1-20-12-8(3-2-4-9(12)16)7-10-13(19)15(14(21)22-10)6-5-11(17)18/h2-4,7,16H,5-6H2,1H3,(H,17,18)/p-1. The zero-order chi connectivity index (χ0) is 16.3. The van der Waals surface area contributed by atoms with Crippen molar-refractivity contribution in [1.82, 2.24) is 4.90 Å². The van der Waals surface area contributed by atoms with Crippen LogP contribution in [0.4, 0.5) is 0 Å². The minimum Gasteiger partial charge on any atom is -0.550 e. The molecule has 0 aliphatic carbocycles. The van der Waals surface area contributed by atoms with Gasteiger partial charge in [-0.15, -0.1) is 0 Å². The number of para-hydroxylation sites is 1. The van der Waals surface area contributed by atoms with E-state index in [1.54, 1.807) is 18.2 Å². The maximum Gasteiger partial charge on any atom is 0.266 e. The van der Waals surface area contributed by atoms with Crippen LogP contribution in [0.3, 0.4) is 0 Å². The molecule has 1 saturated heterocycles. The fourth-order valence-corrected chi connectivity index (χ4v) is 3.21. The highest BCUT2D eigenvalue weighted by Gasteiger charge is 2.31. The summed E-state index contributed by atoms with van der Waals surface area (Å²) >= 11 is 6.15. The number of thioether (sulfide) groups is 1. The van der Waals surface area contributed by atoms with E-state index < -0.39 is 5.97 Å². The number of benzene rings is 1. The van der Waals surface area contributed by atoms with Crippen LogP contribution in [0.2, 0.25) is 0 Å². The van der Waals surface area contributed by atoms with Crippen LogP contribution in [0.5, 0.6) is 11.5 Å². The van der Waals surface area contributed by atoms with E-state index in [1.165, 1.54) is 18.1 Å². The van der Waals surface area contributed by atoms with Gasteiger partial charge in [-0.3, -0.25) is 9.69 Å². The van der Waals surface area contributed by atoms with Gasteiger partial charge in [0, 0.05) is 24.5 Å². The molecule has 22 heavy (non-hydrogen) atoms. The molecular formula is C14H12NO5S2-. The summed E-state index contributed by atoms with van der Waals surface area (Å²) in [6.07, 6.45) is 1.27. The van der Waals surface area contributed by atoms with Gasteiger partial charge in [-0.25, -0.2) is 0 Å². The van der Waals surface area contributed by atoms with Gasteiger partial charge < -0.3 is 19.7 Å². The van der Waals surface area contributed by atoms with Crippen molar-refractivity contribution in [3.63, 3.8) is 0 Å². The quantitative estimate of drug-likeness (QED) is 0.625. The first-order valence-corrected chi connectivity index (χ1v) is 7.47. The number of carbonyl (C=O) groups is 2. The average molecular weight is 338 g/mol. The number of carboxylic acids is 1. The third kappa shape index (κ3) is 3.40. The molecule has 1 aliphatic heterocycles. The number of hydrogen-bond donors (Lipinski definition) is 1. The van der Waals surface area contributed by atoms with Crippen molar-refractivity contribution in [2.45, 2.75) is 6.42 Å². The number of methoxy groups -OCH3 is 1. The van der Waals surface area contributed by atoms with E-state index in [9.17, 15) is 19.8 Å². The van der Waals surface area contributed by atoms with Gasteiger partial charge in [0.2, 0.25) is 0 Å². The fraction of sp³-hybridized carbons (Fsp3) is 0.214. The van der Waals surface area contributed by atoms with Gasteiger partial charge in [-0.1, -0.05) is 36.1 Å². The van der Waals surface area contributed by atoms with Crippen molar-refractivity contribution < 1.29 is 24.5 Å². The molecule has 1 fully saturated rings. The van der Waals surface area contributed by atoms with Crippen molar-refractivity contribution in [3.8, 4) is 11.5 Å². The van der Waals surface area contributed by atoms with Crippen LogP contribution in [0.15, 0.2) is 23.1 Å². The molecule has 0 atom stereocenters. The van der Waals surface area contributed by atoms with Crippen molar-refractivity contribution in [2.24, 2.45) is 0 Å². The van der Waals surface area contributed by atoms with Crippen molar-refractivity contribution in [1.29, 1.82) is 0 Å². The van der Waals surface area contributed by atoms with Crippen LogP contribution in [0, 0.1) is 0 Å². The Labute approximate surface area is 136 Å². The third-order valence-electron chi connectivity index (χ3n) is 2.93. The smallest absolute Gasteiger partial charge is 0.266 e. The Morgan fingerprint density at radius 2 is 2.27 bits per heavy atom. The molecule has 1 N–H and O–H groups in total. The zero-order valence-corrected chi connectivity index (χ0v) is 13.2. The molecule has 8 heteroatoms. The second kappa shape index (κ2) is 6.80. The Kier molecular flexibility index (Phi) is 5.04. The molecule has 0 spiro atoms. The lowest BCUT2D eigenvalue weighted by Crippen LogP contribution is -2.33. The predicted molar refractivity (Wildman–Crippen MR) is 84.2 cm³/mol. The number of hydrogen-bond acceptors (Lipinski definition) is 7. The summed E-state index contributed by atoms with van der Waals surface area (Å²) in [7, 11) is 1.41. The molecular weight excluding hydrogens is 326 g/mol. The molecule has 6 nitrogen and oxygen atoms in total. The minimum atomic E-state index is -1.24. The second-order valence-corrected chi connectivity index (χ2v) is 6.03. The number of thiocarbonyl (C=S) groups is 1. The molecule has 0 bridgehead atoms. The Morgan fingerprint density at radius 3 is 2.91 bits per heavy atom. The van der Waals surface area contributed by atoms with Crippen LogP contribution in [0.1, 0.15) is 12.0 Å². The molecule has 1 heterocycles. The molecule has 0 saturated carbocycles. The molecule has 1 aromatic rings. The van der Waals surface area contributed by atoms with E-state index in [-0.39, 0.29) is 34.7 Å². The second-order valence-electron chi connectivity index (χ2n) is 4.35. The summed E-state index contributed by atoms with van der Waals surface area (Å²) in [5, 5.41) is 20.2. The lowest BCUT2D eigenvalue weighted by molar-refractivity contribution is -0.305. The van der Waals surface area contributed by atoms with Crippen LogP contribution < -0.4 is 9.84 Å². The average Bonchev–Trinajstić information content (AvgIpc) is 2.71. The van der Waals surface area contributed by atoms with Gasteiger partial charge in [0.15, 0.2) is 11.5 Å². The summed E-state index contributed by atoms with van der Waals surface area (Å²) in [4.78, 5) is 24.3. The number of amides is 1. The van der Waals surface area contributed by atoms with Crippen LogP contribution in [-0.4, -0.2) is 39.9 Å². The first-order valence-electron chi connectivity index (χ1n) is 6.25. The molecule has 0 aromatic heterocycles. The number of aromatic hydroxyl groups is 1. The lowest BCUT2D eigenvalue weighted by Gasteiger charge is -2.14. The number of carbonyl (C=O) groups excluding carboxylic acids is 2. The highest BCUT2D eigenvalue weighted by Crippen LogP contribution is 2.36. The van der Waals surface area contributed by atoms with Gasteiger partial charge in [0.1, 0.15) is 4.32 Å². The normalized spacial score (nSPS) is 16.4. The lowest BCUT2D eigenvalue weighted by atomic mass is 10.1. The topological polar surface area (TPSA) is 89.9 Å². The molecule has 0 radical (unpaired) electrons. The Hall–Kier alpha value is -2.06. The third-order valence-corrected chi connectivity index (χ3v) is 4.31. The number of rotatable bonds is 5. The summed E-state index contributed by atoms with van der Waals surface area (Å²) in [5.41, 5.74) is 0.530. The molecule has 1 aliphatic rings. The van der Waals surface area contributed by atoms with Crippen LogP contribution in [0.25, 0.3) is 6.08 Å². The Bertz CT molecular complexity index is 671. The number of aliphatic carboxylic acids is 1. The van der Waals surface area contributed by atoms with Crippen LogP contribution >= 0.6 is 24.0 Å². The SMILES string of the molecule is COc1c(O)cccc1C=C1SC(=S)N(CCC(=O)[O-])C1=O. The molecule has 2 rings (SSSR count). The highest BCUT2D eigenvalue weighted by molar-refractivity contribution is 8.26. The maximum absolute atomic E-state index is 12.3. The monoisotopic (exact) mass is 338 g/mol. The van der Waals surface area contributed by atoms with Gasteiger partial charge in [0.25, 0.3) is 5.91 Å². The van der Waals surface area contributed by atoms with Gasteiger partial charge in [0.05, 0.1) is 12.0 Å². The summed E-state index contributed by atoms with van der Waals surface area (Å²) in [5.74, 6) is -1.40. The van der Waals surface area contributed by atoms with Gasteiger partial charge >= 0.3 is 0 Å². The number of phenols is 1.